The Hall–Kier alpha value is -2.67. The summed E-state index contributed by atoms with van der Waals surface area (Å²) in [4.78, 5) is 35.5. The van der Waals surface area contributed by atoms with E-state index in [-0.39, 0.29) is 30.9 Å². The van der Waals surface area contributed by atoms with Gasteiger partial charge >= 0.3 is 5.97 Å². The molecule has 2 N–H and O–H groups in total. The quantitative estimate of drug-likeness (QED) is 0.657. The molecule has 142 valence electrons. The zero-order valence-corrected chi connectivity index (χ0v) is 16.7. The minimum absolute atomic E-state index is 0.134. The molecule has 0 unspecified atom stereocenters. The largest absolute Gasteiger partial charge is 0.462 e. The number of hydrogen-bond acceptors (Lipinski definition) is 4. The highest BCUT2D eigenvalue weighted by Gasteiger charge is 2.10. The monoisotopic (exact) mass is 432 g/mol. The van der Waals surface area contributed by atoms with Gasteiger partial charge in [-0.3, -0.25) is 14.4 Å². The highest BCUT2D eigenvalue weighted by atomic mass is 79.9. The van der Waals surface area contributed by atoms with Gasteiger partial charge in [-0.25, -0.2) is 0 Å². The average Bonchev–Trinajstić information content (AvgIpc) is 2.61. The summed E-state index contributed by atoms with van der Waals surface area (Å²) in [5.74, 6) is -0.962. The lowest BCUT2D eigenvalue weighted by atomic mass is 10.1. The first kappa shape index (κ1) is 20.6. The van der Waals surface area contributed by atoms with Gasteiger partial charge in [0.05, 0.1) is 12.5 Å². The van der Waals surface area contributed by atoms with Crippen LogP contribution < -0.4 is 10.6 Å². The summed E-state index contributed by atoms with van der Waals surface area (Å²) in [6.07, 6.45) is -0.0800. The Labute approximate surface area is 166 Å². The van der Waals surface area contributed by atoms with Crippen LogP contribution >= 0.6 is 15.9 Å². The number of esters is 1. The highest BCUT2D eigenvalue weighted by molar-refractivity contribution is 9.10. The van der Waals surface area contributed by atoms with Crippen LogP contribution in [0.1, 0.15) is 29.8 Å². The molecule has 0 aliphatic heterocycles. The van der Waals surface area contributed by atoms with Crippen molar-refractivity contribution in [3.8, 4) is 0 Å². The predicted molar refractivity (Wildman–Crippen MR) is 106 cm³/mol. The third-order valence-electron chi connectivity index (χ3n) is 3.46. The van der Waals surface area contributed by atoms with Crippen molar-refractivity contribution in [2.45, 2.75) is 26.4 Å². The summed E-state index contributed by atoms with van der Waals surface area (Å²) in [5.41, 5.74) is 1.94. The molecule has 0 aliphatic rings. The summed E-state index contributed by atoms with van der Waals surface area (Å²) < 4.78 is 5.78. The van der Waals surface area contributed by atoms with Gasteiger partial charge in [-0.2, -0.15) is 0 Å². The number of ether oxygens (including phenoxy) is 1. The maximum atomic E-state index is 12.2. The number of rotatable bonds is 7. The van der Waals surface area contributed by atoms with E-state index in [9.17, 15) is 14.4 Å². The van der Waals surface area contributed by atoms with Gasteiger partial charge in [0, 0.05) is 15.7 Å². The van der Waals surface area contributed by atoms with Crippen molar-refractivity contribution in [1.82, 2.24) is 5.32 Å². The standard InChI is InChI=1S/C20H21BrN2O4/c1-13(2)27-19(25)12-22-18(24)10-14-6-8-17(9-7-14)23-20(26)15-4-3-5-16(21)11-15/h3-9,11,13H,10,12H2,1-2H3,(H,22,24)(H,23,26). The number of carbonyl (C=O) groups is 3. The molecule has 0 heterocycles. The van der Waals surface area contributed by atoms with E-state index in [4.69, 9.17) is 4.74 Å². The molecule has 27 heavy (non-hydrogen) atoms. The molecular formula is C20H21BrN2O4. The molecule has 0 atom stereocenters. The van der Waals surface area contributed by atoms with Crippen LogP contribution in [0.25, 0.3) is 0 Å². The van der Waals surface area contributed by atoms with Crippen molar-refractivity contribution < 1.29 is 19.1 Å². The Bertz CT molecular complexity index is 819. The zero-order chi connectivity index (χ0) is 19.8. The molecule has 7 heteroatoms. The molecule has 0 fully saturated rings. The van der Waals surface area contributed by atoms with Crippen molar-refractivity contribution >= 4 is 39.4 Å². The van der Waals surface area contributed by atoms with Crippen molar-refractivity contribution in [1.29, 1.82) is 0 Å². The van der Waals surface area contributed by atoms with Gasteiger partial charge in [-0.1, -0.05) is 34.1 Å². The van der Waals surface area contributed by atoms with E-state index in [0.29, 0.717) is 11.3 Å². The molecule has 6 nitrogen and oxygen atoms in total. The topological polar surface area (TPSA) is 84.5 Å². The number of benzene rings is 2. The fraction of sp³-hybridized carbons (Fsp3) is 0.250. The molecule has 2 amide bonds. The van der Waals surface area contributed by atoms with Crippen molar-refractivity contribution in [2.75, 3.05) is 11.9 Å². The minimum Gasteiger partial charge on any atom is -0.462 e. The van der Waals surface area contributed by atoms with E-state index in [0.717, 1.165) is 10.0 Å². The Morgan fingerprint density at radius 1 is 1.07 bits per heavy atom. The number of nitrogens with one attached hydrogen (secondary N) is 2. The van der Waals surface area contributed by atoms with E-state index in [1.165, 1.54) is 0 Å². The molecule has 0 spiro atoms. The van der Waals surface area contributed by atoms with E-state index < -0.39 is 5.97 Å². The molecule has 2 rings (SSSR count). The Morgan fingerprint density at radius 3 is 2.41 bits per heavy atom. The van der Waals surface area contributed by atoms with E-state index in [2.05, 4.69) is 26.6 Å². The normalized spacial score (nSPS) is 10.4. The highest BCUT2D eigenvalue weighted by Crippen LogP contribution is 2.15. The second-order valence-electron chi connectivity index (χ2n) is 6.15. The van der Waals surface area contributed by atoms with Crippen molar-refractivity contribution in [3.63, 3.8) is 0 Å². The smallest absolute Gasteiger partial charge is 0.325 e. The van der Waals surface area contributed by atoms with Crippen LogP contribution in [0.15, 0.2) is 53.0 Å². The summed E-state index contributed by atoms with van der Waals surface area (Å²) in [5, 5.41) is 5.32. The predicted octanol–water partition coefficient (Wildman–Crippen LogP) is 3.31. The molecule has 0 saturated heterocycles. The molecule has 0 aliphatic carbocycles. The third kappa shape index (κ3) is 7.22. The fourth-order valence-electron chi connectivity index (χ4n) is 2.26. The molecular weight excluding hydrogens is 412 g/mol. The Balaban J connectivity index is 1.85. The molecule has 0 aromatic heterocycles. The van der Waals surface area contributed by atoms with Crippen molar-refractivity contribution in [2.24, 2.45) is 0 Å². The third-order valence-corrected chi connectivity index (χ3v) is 3.95. The molecule has 0 saturated carbocycles. The second-order valence-corrected chi connectivity index (χ2v) is 7.07. The van der Waals surface area contributed by atoms with Crippen LogP contribution in [0.2, 0.25) is 0 Å². The Morgan fingerprint density at radius 2 is 1.78 bits per heavy atom. The molecule has 0 radical (unpaired) electrons. The lowest BCUT2D eigenvalue weighted by Gasteiger charge is -2.09. The van der Waals surface area contributed by atoms with Crippen LogP contribution in [0.5, 0.6) is 0 Å². The van der Waals surface area contributed by atoms with Crippen LogP contribution in [0, 0.1) is 0 Å². The molecule has 2 aromatic carbocycles. The lowest BCUT2D eigenvalue weighted by Crippen LogP contribution is -2.32. The van der Waals surface area contributed by atoms with Gasteiger partial charge in [-0.05, 0) is 49.7 Å². The van der Waals surface area contributed by atoms with E-state index in [1.54, 1.807) is 56.3 Å². The van der Waals surface area contributed by atoms with Gasteiger partial charge in [0.25, 0.3) is 5.91 Å². The van der Waals surface area contributed by atoms with Gasteiger partial charge in [0.1, 0.15) is 6.54 Å². The fourth-order valence-corrected chi connectivity index (χ4v) is 2.66. The van der Waals surface area contributed by atoms with Gasteiger partial charge in [0.2, 0.25) is 5.91 Å². The first-order valence-corrected chi connectivity index (χ1v) is 9.25. The van der Waals surface area contributed by atoms with Crippen molar-refractivity contribution in [3.05, 3.63) is 64.1 Å². The summed E-state index contributed by atoms with van der Waals surface area (Å²) in [6, 6.07) is 14.1. The number of anilines is 1. The number of halogens is 1. The van der Waals surface area contributed by atoms with Crippen LogP contribution in [-0.4, -0.2) is 30.4 Å². The maximum Gasteiger partial charge on any atom is 0.325 e. The summed E-state index contributed by atoms with van der Waals surface area (Å²) >= 11 is 3.33. The first-order chi connectivity index (χ1) is 12.8. The van der Waals surface area contributed by atoms with Crippen LogP contribution in [0.4, 0.5) is 5.69 Å². The summed E-state index contributed by atoms with van der Waals surface area (Å²) in [7, 11) is 0. The van der Waals surface area contributed by atoms with Crippen LogP contribution in [0.3, 0.4) is 0 Å². The molecule has 0 bridgehead atoms. The minimum atomic E-state index is -0.469. The van der Waals surface area contributed by atoms with E-state index in [1.807, 2.05) is 6.07 Å². The first-order valence-electron chi connectivity index (χ1n) is 8.45. The van der Waals surface area contributed by atoms with Gasteiger partial charge in [-0.15, -0.1) is 0 Å². The van der Waals surface area contributed by atoms with Gasteiger partial charge in [0.15, 0.2) is 0 Å². The van der Waals surface area contributed by atoms with E-state index >= 15 is 0 Å². The average molecular weight is 433 g/mol. The van der Waals surface area contributed by atoms with Crippen LogP contribution in [-0.2, 0) is 20.7 Å². The number of hydrogen-bond donors (Lipinski definition) is 2. The zero-order valence-electron chi connectivity index (χ0n) is 15.1. The SMILES string of the molecule is CC(C)OC(=O)CNC(=O)Cc1ccc(NC(=O)c2cccc(Br)c2)cc1. The summed E-state index contributed by atoms with van der Waals surface area (Å²) in [6.45, 7) is 3.34. The number of amides is 2. The lowest BCUT2D eigenvalue weighted by molar-refractivity contribution is -0.147. The Kier molecular flexibility index (Phi) is 7.55. The van der Waals surface area contributed by atoms with Gasteiger partial charge < -0.3 is 15.4 Å². The molecule has 2 aromatic rings. The second kappa shape index (κ2) is 9.87. The number of carbonyl (C=O) groups excluding carboxylic acids is 3. The maximum absolute atomic E-state index is 12.2.